The third-order valence-electron chi connectivity index (χ3n) is 7.52. The van der Waals surface area contributed by atoms with Crippen LogP contribution in [0.2, 0.25) is 0 Å². The summed E-state index contributed by atoms with van der Waals surface area (Å²) >= 11 is 0. The molecular formula is C39H30N4O6. The maximum Gasteiger partial charge on any atom is 0.166 e. The lowest BCUT2D eigenvalue weighted by Crippen LogP contribution is -2.09. The summed E-state index contributed by atoms with van der Waals surface area (Å²) in [5.41, 5.74) is 5.51. The van der Waals surface area contributed by atoms with Crippen LogP contribution in [0.4, 0.5) is 34.1 Å². The van der Waals surface area contributed by atoms with Gasteiger partial charge in [-0.2, -0.15) is 0 Å². The SMILES string of the molecule is Oc1cccc(C=Nc2ccc(N(c3ccc(N=Cc4cccc(O)c4O)cc3)c3ccc(N=Cc4cccc(O)c4O)cc3)cc2)c1O. The number of aliphatic imine (C=N–C) groups is 3. The van der Waals surface area contributed by atoms with Crippen LogP contribution in [0.15, 0.2) is 142 Å². The Hall–Kier alpha value is -7.07. The van der Waals surface area contributed by atoms with E-state index in [0.717, 1.165) is 17.1 Å². The molecule has 49 heavy (non-hydrogen) atoms. The number of phenols is 6. The fraction of sp³-hybridized carbons (Fsp3) is 0. The second-order valence-corrected chi connectivity index (χ2v) is 10.8. The Morgan fingerprint density at radius 1 is 0.347 bits per heavy atom. The molecule has 0 fully saturated rings. The lowest BCUT2D eigenvalue weighted by molar-refractivity contribution is 0.403. The van der Waals surface area contributed by atoms with Crippen LogP contribution < -0.4 is 4.90 Å². The number of nitrogens with zero attached hydrogens (tertiary/aromatic N) is 4. The number of hydrogen-bond acceptors (Lipinski definition) is 10. The molecule has 0 saturated carbocycles. The summed E-state index contributed by atoms with van der Waals surface area (Å²) in [6.45, 7) is 0. The van der Waals surface area contributed by atoms with Gasteiger partial charge in [0, 0.05) is 52.4 Å². The minimum Gasteiger partial charge on any atom is -0.504 e. The summed E-state index contributed by atoms with van der Waals surface area (Å²) in [5.74, 6) is -1.40. The zero-order chi connectivity index (χ0) is 34.3. The molecule has 0 aliphatic heterocycles. The highest BCUT2D eigenvalue weighted by atomic mass is 16.3. The Labute approximate surface area is 281 Å². The highest BCUT2D eigenvalue weighted by Gasteiger charge is 2.13. The van der Waals surface area contributed by atoms with E-state index >= 15 is 0 Å². The highest BCUT2D eigenvalue weighted by molar-refractivity contribution is 5.89. The number of hydrogen-bond donors (Lipinski definition) is 6. The summed E-state index contributed by atoms with van der Waals surface area (Å²) in [6, 6.07) is 36.4. The molecule has 0 unspecified atom stereocenters. The summed E-state index contributed by atoms with van der Waals surface area (Å²) in [7, 11) is 0. The van der Waals surface area contributed by atoms with Gasteiger partial charge in [0.05, 0.1) is 17.1 Å². The zero-order valence-corrected chi connectivity index (χ0v) is 25.8. The largest absolute Gasteiger partial charge is 0.504 e. The van der Waals surface area contributed by atoms with Gasteiger partial charge in [-0.05, 0) is 109 Å². The number of benzene rings is 6. The molecule has 0 atom stereocenters. The van der Waals surface area contributed by atoms with Crippen LogP contribution in [0.5, 0.6) is 34.5 Å². The summed E-state index contributed by atoms with van der Waals surface area (Å²) in [5, 5.41) is 59.7. The molecule has 6 aromatic carbocycles. The van der Waals surface area contributed by atoms with Gasteiger partial charge in [-0.15, -0.1) is 0 Å². The Kier molecular flexibility index (Phi) is 9.21. The molecule has 0 saturated heterocycles. The average molecular weight is 651 g/mol. The topological polar surface area (TPSA) is 162 Å². The van der Waals surface area contributed by atoms with Gasteiger partial charge in [0.1, 0.15) is 0 Å². The van der Waals surface area contributed by atoms with Crippen LogP contribution in [0.3, 0.4) is 0 Å². The van der Waals surface area contributed by atoms with Crippen molar-refractivity contribution < 1.29 is 30.6 Å². The van der Waals surface area contributed by atoms with Crippen molar-refractivity contribution in [1.29, 1.82) is 0 Å². The van der Waals surface area contributed by atoms with E-state index in [9.17, 15) is 30.6 Å². The van der Waals surface area contributed by atoms with E-state index in [1.807, 2.05) is 77.7 Å². The molecule has 6 N–H and O–H groups in total. The molecule has 0 amide bonds. The first-order valence-electron chi connectivity index (χ1n) is 15.0. The number of para-hydroxylation sites is 3. The molecule has 0 bridgehead atoms. The number of aromatic hydroxyl groups is 6. The number of rotatable bonds is 9. The van der Waals surface area contributed by atoms with Gasteiger partial charge in [0.25, 0.3) is 0 Å². The third-order valence-corrected chi connectivity index (χ3v) is 7.52. The normalized spacial score (nSPS) is 11.5. The van der Waals surface area contributed by atoms with E-state index < -0.39 is 0 Å². The molecule has 242 valence electrons. The third kappa shape index (κ3) is 7.34. The minimum absolute atomic E-state index is 0.224. The van der Waals surface area contributed by atoms with Crippen LogP contribution in [0.25, 0.3) is 0 Å². The Morgan fingerprint density at radius 2 is 0.612 bits per heavy atom. The Bertz CT molecular complexity index is 1930. The minimum atomic E-state index is -0.243. The molecule has 6 rings (SSSR count). The van der Waals surface area contributed by atoms with Crippen LogP contribution in [-0.4, -0.2) is 49.3 Å². The predicted molar refractivity (Wildman–Crippen MR) is 192 cm³/mol. The fourth-order valence-corrected chi connectivity index (χ4v) is 4.90. The average Bonchev–Trinajstić information content (AvgIpc) is 3.12. The molecule has 0 heterocycles. The molecule has 0 radical (unpaired) electrons. The lowest BCUT2D eigenvalue weighted by atomic mass is 10.1. The monoisotopic (exact) mass is 650 g/mol. The highest BCUT2D eigenvalue weighted by Crippen LogP contribution is 2.37. The van der Waals surface area contributed by atoms with Crippen molar-refractivity contribution in [2.24, 2.45) is 15.0 Å². The van der Waals surface area contributed by atoms with Gasteiger partial charge in [-0.25, -0.2) is 0 Å². The lowest BCUT2D eigenvalue weighted by Gasteiger charge is -2.25. The molecule has 10 heteroatoms. The van der Waals surface area contributed by atoms with E-state index in [0.29, 0.717) is 33.8 Å². The van der Waals surface area contributed by atoms with Gasteiger partial charge in [-0.1, -0.05) is 18.2 Å². The fourth-order valence-electron chi connectivity index (χ4n) is 4.90. The van der Waals surface area contributed by atoms with Crippen molar-refractivity contribution in [3.05, 3.63) is 144 Å². The van der Waals surface area contributed by atoms with Crippen LogP contribution >= 0.6 is 0 Å². The van der Waals surface area contributed by atoms with Crippen LogP contribution in [0.1, 0.15) is 16.7 Å². The Morgan fingerprint density at radius 3 is 0.878 bits per heavy atom. The van der Waals surface area contributed by atoms with Gasteiger partial charge in [-0.3, -0.25) is 15.0 Å². The van der Waals surface area contributed by atoms with Crippen molar-refractivity contribution in [1.82, 2.24) is 0 Å². The summed E-state index contributed by atoms with van der Waals surface area (Å²) in [6.07, 6.45) is 4.44. The molecule has 10 nitrogen and oxygen atoms in total. The molecule has 0 aromatic heterocycles. The van der Waals surface area contributed by atoms with Crippen molar-refractivity contribution in [3.8, 4) is 34.5 Å². The zero-order valence-electron chi connectivity index (χ0n) is 25.8. The van der Waals surface area contributed by atoms with Gasteiger partial charge < -0.3 is 35.5 Å². The van der Waals surface area contributed by atoms with Crippen molar-refractivity contribution >= 4 is 52.8 Å². The summed E-state index contributed by atoms with van der Waals surface area (Å²) < 4.78 is 0. The maximum atomic E-state index is 10.1. The Balaban J connectivity index is 1.30. The first-order valence-corrected chi connectivity index (χ1v) is 15.0. The van der Waals surface area contributed by atoms with E-state index in [1.54, 1.807) is 36.4 Å². The molecule has 0 aliphatic rings. The number of anilines is 3. The molecule has 6 aromatic rings. The van der Waals surface area contributed by atoms with Crippen LogP contribution in [-0.2, 0) is 0 Å². The smallest absolute Gasteiger partial charge is 0.166 e. The van der Waals surface area contributed by atoms with Gasteiger partial charge in [0.2, 0.25) is 0 Å². The number of phenolic OH excluding ortho intramolecular Hbond substituents is 6. The van der Waals surface area contributed by atoms with Crippen LogP contribution in [0, 0.1) is 0 Å². The van der Waals surface area contributed by atoms with E-state index in [2.05, 4.69) is 15.0 Å². The van der Waals surface area contributed by atoms with Crippen molar-refractivity contribution in [2.45, 2.75) is 0 Å². The standard InChI is InChI=1S/C39H30N4O6/c44-34-7-1-4-25(37(34)47)22-40-28-10-16-31(17-11-28)43(32-18-12-29(13-19-32)41-23-26-5-2-8-35(45)38(26)48)33-20-14-30(15-21-33)42-24-27-6-3-9-36(46)39(27)49/h1-24,44-49H. The summed E-state index contributed by atoms with van der Waals surface area (Å²) in [4.78, 5) is 15.4. The quantitative estimate of drug-likeness (QED) is 0.0674. The first kappa shape index (κ1) is 31.9. The van der Waals surface area contributed by atoms with Crippen molar-refractivity contribution in [3.63, 3.8) is 0 Å². The van der Waals surface area contributed by atoms with Gasteiger partial charge in [0.15, 0.2) is 34.5 Å². The van der Waals surface area contributed by atoms with Crippen molar-refractivity contribution in [2.75, 3.05) is 4.90 Å². The van der Waals surface area contributed by atoms with Gasteiger partial charge >= 0.3 is 0 Å². The second-order valence-electron chi connectivity index (χ2n) is 10.8. The first-order chi connectivity index (χ1) is 23.8. The predicted octanol–water partition coefficient (Wildman–Crippen LogP) is 8.64. The molecular weight excluding hydrogens is 620 g/mol. The van der Waals surface area contributed by atoms with E-state index in [-0.39, 0.29) is 34.5 Å². The molecule has 0 spiro atoms. The van der Waals surface area contributed by atoms with E-state index in [1.165, 1.54) is 36.8 Å². The van der Waals surface area contributed by atoms with E-state index in [4.69, 9.17) is 0 Å². The maximum absolute atomic E-state index is 10.1. The molecule has 0 aliphatic carbocycles. The second kappa shape index (κ2) is 14.1.